The zero-order valence-corrected chi connectivity index (χ0v) is 13.0. The van der Waals surface area contributed by atoms with Gasteiger partial charge in [0.1, 0.15) is 0 Å². The first kappa shape index (κ1) is 16.4. The van der Waals surface area contributed by atoms with E-state index in [9.17, 15) is 4.79 Å². The third-order valence-electron chi connectivity index (χ3n) is 4.28. The Balaban J connectivity index is 2.22. The second kappa shape index (κ2) is 8.54. The van der Waals surface area contributed by atoms with E-state index < -0.39 is 0 Å². The van der Waals surface area contributed by atoms with Gasteiger partial charge in [-0.2, -0.15) is 0 Å². The van der Waals surface area contributed by atoms with Crippen molar-refractivity contribution in [3.8, 4) is 0 Å². The van der Waals surface area contributed by atoms with Crippen molar-refractivity contribution >= 4 is 5.91 Å². The van der Waals surface area contributed by atoms with E-state index in [1.54, 1.807) is 0 Å². The topological polar surface area (TPSA) is 44.4 Å². The molecule has 1 rings (SSSR count). The van der Waals surface area contributed by atoms with Crippen molar-refractivity contribution in [1.82, 2.24) is 15.5 Å². The van der Waals surface area contributed by atoms with Crippen molar-refractivity contribution in [3.63, 3.8) is 0 Å². The summed E-state index contributed by atoms with van der Waals surface area (Å²) in [6, 6.07) is 0.236. The fourth-order valence-electron chi connectivity index (χ4n) is 2.52. The number of carbonyl (C=O) groups is 1. The number of piperidine rings is 1. The number of carbonyl (C=O) groups excluding carboxylic acids is 1. The number of nitrogens with zero attached hydrogens (tertiary/aromatic N) is 1. The second-order valence-electron chi connectivity index (χ2n) is 5.90. The number of hydrogen-bond acceptors (Lipinski definition) is 3. The van der Waals surface area contributed by atoms with Crippen LogP contribution in [0.2, 0.25) is 0 Å². The Kier molecular flexibility index (Phi) is 7.39. The molecular formula is C15H31N3O. The average Bonchev–Trinajstić information content (AvgIpc) is 2.43. The van der Waals surface area contributed by atoms with E-state index in [2.05, 4.69) is 36.4 Å². The molecule has 1 atom stereocenters. The van der Waals surface area contributed by atoms with Gasteiger partial charge in [0.05, 0.1) is 6.04 Å². The highest BCUT2D eigenvalue weighted by Gasteiger charge is 2.19. The van der Waals surface area contributed by atoms with Crippen molar-refractivity contribution < 1.29 is 4.79 Å². The maximum absolute atomic E-state index is 12.0. The number of rotatable bonds is 7. The van der Waals surface area contributed by atoms with Crippen LogP contribution >= 0.6 is 0 Å². The average molecular weight is 269 g/mol. The van der Waals surface area contributed by atoms with Gasteiger partial charge in [0.25, 0.3) is 0 Å². The predicted molar refractivity (Wildman–Crippen MR) is 80.2 cm³/mol. The van der Waals surface area contributed by atoms with Gasteiger partial charge < -0.3 is 15.5 Å². The van der Waals surface area contributed by atoms with E-state index in [1.807, 2.05) is 6.92 Å². The summed E-state index contributed by atoms with van der Waals surface area (Å²) >= 11 is 0. The number of nitrogens with one attached hydrogen (secondary N) is 2. The molecule has 112 valence electrons. The van der Waals surface area contributed by atoms with E-state index in [4.69, 9.17) is 0 Å². The number of amides is 1. The SMILES string of the molecule is CCC(CC)NC(=O)C(C)NCC1CCN(C)CC1. The summed E-state index contributed by atoms with van der Waals surface area (Å²) in [7, 11) is 2.18. The lowest BCUT2D eigenvalue weighted by Crippen LogP contribution is -2.47. The van der Waals surface area contributed by atoms with Crippen molar-refractivity contribution in [1.29, 1.82) is 0 Å². The minimum absolute atomic E-state index is 0.0831. The molecule has 1 aliphatic heterocycles. The Morgan fingerprint density at radius 1 is 1.26 bits per heavy atom. The van der Waals surface area contributed by atoms with Gasteiger partial charge in [0, 0.05) is 6.04 Å². The van der Waals surface area contributed by atoms with Crippen LogP contribution in [-0.4, -0.2) is 49.6 Å². The van der Waals surface area contributed by atoms with Crippen molar-refractivity contribution in [2.45, 2.75) is 58.5 Å². The fraction of sp³-hybridized carbons (Fsp3) is 0.933. The number of hydrogen-bond donors (Lipinski definition) is 2. The van der Waals surface area contributed by atoms with Gasteiger partial charge in [0.2, 0.25) is 5.91 Å². The molecule has 0 aromatic carbocycles. The molecule has 2 N–H and O–H groups in total. The molecule has 1 fully saturated rings. The first-order valence-corrected chi connectivity index (χ1v) is 7.79. The summed E-state index contributed by atoms with van der Waals surface area (Å²) in [6.45, 7) is 9.52. The number of likely N-dealkylation sites (tertiary alicyclic amines) is 1. The molecule has 0 spiro atoms. The van der Waals surface area contributed by atoms with Crippen molar-refractivity contribution in [3.05, 3.63) is 0 Å². The summed E-state index contributed by atoms with van der Waals surface area (Å²) in [5.74, 6) is 0.862. The van der Waals surface area contributed by atoms with Gasteiger partial charge in [-0.25, -0.2) is 0 Å². The Hall–Kier alpha value is -0.610. The molecule has 1 aliphatic rings. The smallest absolute Gasteiger partial charge is 0.237 e. The standard InChI is InChI=1S/C15H31N3O/c1-5-14(6-2)17-15(19)12(3)16-11-13-7-9-18(4)10-8-13/h12-14,16H,5-11H2,1-4H3,(H,17,19). The molecule has 19 heavy (non-hydrogen) atoms. The van der Waals surface area contributed by atoms with Gasteiger partial charge in [0.15, 0.2) is 0 Å². The Bertz CT molecular complexity index is 258. The molecule has 0 saturated carbocycles. The minimum atomic E-state index is -0.0831. The molecule has 4 heteroatoms. The fourth-order valence-corrected chi connectivity index (χ4v) is 2.52. The first-order valence-electron chi connectivity index (χ1n) is 7.79. The van der Waals surface area contributed by atoms with Crippen LogP contribution in [0, 0.1) is 5.92 Å². The highest BCUT2D eigenvalue weighted by molar-refractivity contribution is 5.81. The van der Waals surface area contributed by atoms with Gasteiger partial charge >= 0.3 is 0 Å². The third-order valence-corrected chi connectivity index (χ3v) is 4.28. The quantitative estimate of drug-likeness (QED) is 0.738. The van der Waals surface area contributed by atoms with E-state index in [-0.39, 0.29) is 11.9 Å². The zero-order chi connectivity index (χ0) is 14.3. The van der Waals surface area contributed by atoms with E-state index in [0.29, 0.717) is 6.04 Å². The summed E-state index contributed by atoms with van der Waals surface area (Å²) in [4.78, 5) is 14.4. The predicted octanol–water partition coefficient (Wildman–Crippen LogP) is 1.61. The van der Waals surface area contributed by atoms with Gasteiger partial charge in [-0.15, -0.1) is 0 Å². The Morgan fingerprint density at radius 3 is 2.37 bits per heavy atom. The molecule has 1 amide bonds. The minimum Gasteiger partial charge on any atom is -0.352 e. The molecule has 0 aliphatic carbocycles. The van der Waals surface area contributed by atoms with E-state index in [0.717, 1.165) is 25.3 Å². The van der Waals surface area contributed by atoms with Crippen molar-refractivity contribution in [2.24, 2.45) is 5.92 Å². The molecule has 1 unspecified atom stereocenters. The third kappa shape index (κ3) is 5.91. The monoisotopic (exact) mass is 269 g/mol. The normalized spacial score (nSPS) is 19.6. The molecule has 1 heterocycles. The molecule has 4 nitrogen and oxygen atoms in total. The van der Waals surface area contributed by atoms with Gasteiger partial charge in [-0.05, 0) is 65.2 Å². The second-order valence-corrected chi connectivity index (χ2v) is 5.90. The van der Waals surface area contributed by atoms with Crippen LogP contribution in [0.4, 0.5) is 0 Å². The highest BCUT2D eigenvalue weighted by atomic mass is 16.2. The van der Waals surface area contributed by atoms with Gasteiger partial charge in [-0.1, -0.05) is 13.8 Å². The van der Waals surface area contributed by atoms with Crippen LogP contribution < -0.4 is 10.6 Å². The van der Waals surface area contributed by atoms with Crippen LogP contribution in [-0.2, 0) is 4.79 Å². The summed E-state index contributed by atoms with van der Waals surface area (Å²) in [5, 5.41) is 6.49. The van der Waals surface area contributed by atoms with Crippen LogP contribution in [0.5, 0.6) is 0 Å². The lowest BCUT2D eigenvalue weighted by molar-refractivity contribution is -0.123. The van der Waals surface area contributed by atoms with Crippen molar-refractivity contribution in [2.75, 3.05) is 26.7 Å². The Labute approximate surface area is 118 Å². The first-order chi connectivity index (χ1) is 9.06. The lowest BCUT2D eigenvalue weighted by Gasteiger charge is -2.30. The molecule has 0 aromatic heterocycles. The summed E-state index contributed by atoms with van der Waals surface area (Å²) < 4.78 is 0. The molecule has 1 saturated heterocycles. The molecule has 0 bridgehead atoms. The van der Waals surface area contributed by atoms with Crippen LogP contribution in [0.3, 0.4) is 0 Å². The highest BCUT2D eigenvalue weighted by Crippen LogP contribution is 2.14. The summed E-state index contributed by atoms with van der Waals surface area (Å²) in [5.41, 5.74) is 0. The van der Waals surface area contributed by atoms with Crippen LogP contribution in [0.15, 0.2) is 0 Å². The van der Waals surface area contributed by atoms with Gasteiger partial charge in [-0.3, -0.25) is 4.79 Å². The molecular weight excluding hydrogens is 238 g/mol. The molecule has 0 radical (unpaired) electrons. The largest absolute Gasteiger partial charge is 0.352 e. The van der Waals surface area contributed by atoms with E-state index >= 15 is 0 Å². The van der Waals surface area contributed by atoms with Crippen LogP contribution in [0.25, 0.3) is 0 Å². The van der Waals surface area contributed by atoms with E-state index in [1.165, 1.54) is 25.9 Å². The Morgan fingerprint density at radius 2 is 1.84 bits per heavy atom. The zero-order valence-electron chi connectivity index (χ0n) is 13.0. The maximum atomic E-state index is 12.0. The molecule has 0 aromatic rings. The summed E-state index contributed by atoms with van der Waals surface area (Å²) in [6.07, 6.45) is 4.49. The van der Waals surface area contributed by atoms with Crippen LogP contribution in [0.1, 0.15) is 46.5 Å². The maximum Gasteiger partial charge on any atom is 0.237 e. The lowest BCUT2D eigenvalue weighted by atomic mass is 9.97.